The monoisotopic (exact) mass is 222 g/mol. The van der Waals surface area contributed by atoms with Crippen LogP contribution in [0.3, 0.4) is 0 Å². The average Bonchev–Trinajstić information content (AvgIpc) is 2.30. The molecule has 0 saturated carbocycles. The highest BCUT2D eigenvalue weighted by atomic mass is 16.5. The van der Waals surface area contributed by atoms with Crippen LogP contribution in [-0.2, 0) is 11.3 Å². The van der Waals surface area contributed by atoms with Gasteiger partial charge in [-0.05, 0) is 12.5 Å². The molecule has 0 radical (unpaired) electrons. The summed E-state index contributed by atoms with van der Waals surface area (Å²) in [6, 6.07) is 0. The van der Waals surface area contributed by atoms with Gasteiger partial charge in [0.1, 0.15) is 5.75 Å². The third kappa shape index (κ3) is 2.40. The Labute approximate surface area is 96.1 Å². The van der Waals surface area contributed by atoms with Crippen LogP contribution >= 0.6 is 0 Å². The number of aryl methyl sites for hydroxylation is 1. The summed E-state index contributed by atoms with van der Waals surface area (Å²) in [5, 5.41) is 0. The number of aromatic nitrogens is 1. The molecule has 0 amide bonds. The SMILES string of the molecule is C=C(CN)c1c(COC)cnc(C)c1OC. The van der Waals surface area contributed by atoms with Gasteiger partial charge in [-0.2, -0.15) is 0 Å². The molecule has 16 heavy (non-hydrogen) atoms. The standard InChI is InChI=1S/C12H18N2O2/c1-8(5-13)11-10(7-15-3)6-14-9(2)12(11)16-4/h6H,1,5,7,13H2,2-4H3. The van der Waals surface area contributed by atoms with Crippen molar-refractivity contribution >= 4 is 5.57 Å². The van der Waals surface area contributed by atoms with Gasteiger partial charge in [-0.25, -0.2) is 0 Å². The number of rotatable bonds is 5. The van der Waals surface area contributed by atoms with Gasteiger partial charge in [0.15, 0.2) is 0 Å². The third-order valence-electron chi connectivity index (χ3n) is 2.39. The van der Waals surface area contributed by atoms with Crippen molar-refractivity contribution in [1.29, 1.82) is 0 Å². The fourth-order valence-corrected chi connectivity index (χ4v) is 1.63. The largest absolute Gasteiger partial charge is 0.494 e. The van der Waals surface area contributed by atoms with Crippen LogP contribution in [-0.4, -0.2) is 25.7 Å². The Hall–Kier alpha value is -1.39. The van der Waals surface area contributed by atoms with E-state index in [1.165, 1.54) is 0 Å². The molecular formula is C12H18N2O2. The molecule has 0 aliphatic carbocycles. The van der Waals surface area contributed by atoms with Crippen molar-refractivity contribution in [3.8, 4) is 5.75 Å². The highest BCUT2D eigenvalue weighted by Crippen LogP contribution is 2.30. The quantitative estimate of drug-likeness (QED) is 0.820. The van der Waals surface area contributed by atoms with Crippen LogP contribution in [0.1, 0.15) is 16.8 Å². The number of hydrogen-bond donors (Lipinski definition) is 1. The molecule has 1 aromatic heterocycles. The fourth-order valence-electron chi connectivity index (χ4n) is 1.63. The van der Waals surface area contributed by atoms with Gasteiger partial charge < -0.3 is 15.2 Å². The van der Waals surface area contributed by atoms with Crippen molar-refractivity contribution in [2.75, 3.05) is 20.8 Å². The first-order chi connectivity index (χ1) is 7.65. The van der Waals surface area contributed by atoms with E-state index in [2.05, 4.69) is 11.6 Å². The number of hydrogen-bond acceptors (Lipinski definition) is 4. The normalized spacial score (nSPS) is 10.2. The van der Waals surface area contributed by atoms with Crippen LogP contribution in [0.15, 0.2) is 12.8 Å². The molecule has 4 nitrogen and oxygen atoms in total. The number of nitrogens with zero attached hydrogens (tertiary/aromatic N) is 1. The minimum atomic E-state index is 0.385. The molecule has 0 atom stereocenters. The van der Waals surface area contributed by atoms with Crippen molar-refractivity contribution in [1.82, 2.24) is 4.98 Å². The minimum absolute atomic E-state index is 0.385. The van der Waals surface area contributed by atoms with Gasteiger partial charge in [-0.15, -0.1) is 0 Å². The smallest absolute Gasteiger partial charge is 0.147 e. The van der Waals surface area contributed by atoms with Crippen molar-refractivity contribution in [3.63, 3.8) is 0 Å². The summed E-state index contributed by atoms with van der Waals surface area (Å²) < 4.78 is 10.5. The number of ether oxygens (including phenoxy) is 2. The summed E-state index contributed by atoms with van der Waals surface area (Å²) in [6.45, 7) is 6.69. The molecule has 0 unspecified atom stereocenters. The fraction of sp³-hybridized carbons (Fsp3) is 0.417. The van der Waals surface area contributed by atoms with Gasteiger partial charge in [0, 0.05) is 31.0 Å². The highest BCUT2D eigenvalue weighted by Gasteiger charge is 2.14. The lowest BCUT2D eigenvalue weighted by molar-refractivity contribution is 0.184. The van der Waals surface area contributed by atoms with Crippen LogP contribution < -0.4 is 10.5 Å². The van der Waals surface area contributed by atoms with Gasteiger partial charge in [0.2, 0.25) is 0 Å². The summed E-state index contributed by atoms with van der Waals surface area (Å²) in [4.78, 5) is 4.26. The molecule has 1 aromatic rings. The molecule has 0 spiro atoms. The van der Waals surface area contributed by atoms with Crippen LogP contribution in [0.2, 0.25) is 0 Å². The molecule has 0 bridgehead atoms. The maximum Gasteiger partial charge on any atom is 0.147 e. The molecule has 0 aromatic carbocycles. The molecule has 1 rings (SSSR count). The Morgan fingerprint density at radius 3 is 2.69 bits per heavy atom. The average molecular weight is 222 g/mol. The molecule has 0 fully saturated rings. The Kier molecular flexibility index (Phi) is 4.46. The second kappa shape index (κ2) is 5.63. The molecule has 1 heterocycles. The Bertz CT molecular complexity index is 389. The van der Waals surface area contributed by atoms with E-state index < -0.39 is 0 Å². The topological polar surface area (TPSA) is 57.4 Å². The second-order valence-electron chi connectivity index (χ2n) is 3.52. The van der Waals surface area contributed by atoms with Gasteiger partial charge in [-0.1, -0.05) is 6.58 Å². The maximum absolute atomic E-state index is 5.63. The lowest BCUT2D eigenvalue weighted by Gasteiger charge is -2.16. The van der Waals surface area contributed by atoms with E-state index >= 15 is 0 Å². The third-order valence-corrected chi connectivity index (χ3v) is 2.39. The van der Waals surface area contributed by atoms with Crippen LogP contribution in [0.25, 0.3) is 5.57 Å². The van der Waals surface area contributed by atoms with Crippen LogP contribution in [0.4, 0.5) is 0 Å². The first-order valence-electron chi connectivity index (χ1n) is 5.05. The van der Waals surface area contributed by atoms with E-state index in [0.717, 1.165) is 28.1 Å². The predicted octanol–water partition coefficient (Wildman–Crippen LogP) is 1.52. The van der Waals surface area contributed by atoms with Gasteiger partial charge >= 0.3 is 0 Å². The van der Waals surface area contributed by atoms with Crippen LogP contribution in [0, 0.1) is 6.92 Å². The van der Waals surface area contributed by atoms with E-state index in [1.807, 2.05) is 6.92 Å². The Balaban J connectivity index is 3.34. The number of pyridine rings is 1. The molecule has 2 N–H and O–H groups in total. The van der Waals surface area contributed by atoms with Crippen molar-refractivity contribution in [3.05, 3.63) is 29.6 Å². The second-order valence-corrected chi connectivity index (χ2v) is 3.52. The van der Waals surface area contributed by atoms with E-state index in [-0.39, 0.29) is 0 Å². The number of nitrogens with two attached hydrogens (primary N) is 1. The minimum Gasteiger partial charge on any atom is -0.494 e. The summed E-state index contributed by atoms with van der Waals surface area (Å²) in [5.41, 5.74) is 9.14. The Morgan fingerprint density at radius 2 is 2.19 bits per heavy atom. The Morgan fingerprint density at radius 1 is 1.50 bits per heavy atom. The van der Waals surface area contributed by atoms with Crippen LogP contribution in [0.5, 0.6) is 5.75 Å². The van der Waals surface area contributed by atoms with Gasteiger partial charge in [-0.3, -0.25) is 4.98 Å². The first-order valence-corrected chi connectivity index (χ1v) is 5.05. The highest BCUT2D eigenvalue weighted by molar-refractivity contribution is 5.73. The van der Waals surface area contributed by atoms with E-state index in [1.54, 1.807) is 20.4 Å². The van der Waals surface area contributed by atoms with Gasteiger partial charge in [0.25, 0.3) is 0 Å². The van der Waals surface area contributed by atoms with E-state index in [0.29, 0.717) is 13.2 Å². The molecule has 0 aliphatic heterocycles. The zero-order chi connectivity index (χ0) is 12.1. The summed E-state index contributed by atoms with van der Waals surface area (Å²) in [7, 11) is 3.26. The number of methoxy groups -OCH3 is 2. The summed E-state index contributed by atoms with van der Waals surface area (Å²) >= 11 is 0. The lowest BCUT2D eigenvalue weighted by Crippen LogP contribution is -2.08. The van der Waals surface area contributed by atoms with Crippen molar-refractivity contribution in [2.24, 2.45) is 5.73 Å². The molecule has 4 heteroatoms. The van der Waals surface area contributed by atoms with Crippen molar-refractivity contribution < 1.29 is 9.47 Å². The molecule has 0 aliphatic rings. The van der Waals surface area contributed by atoms with Gasteiger partial charge in [0.05, 0.1) is 19.4 Å². The predicted molar refractivity (Wildman–Crippen MR) is 64.3 cm³/mol. The molecule has 0 saturated heterocycles. The van der Waals surface area contributed by atoms with E-state index in [9.17, 15) is 0 Å². The summed E-state index contributed by atoms with van der Waals surface area (Å²) in [5.74, 6) is 0.727. The lowest BCUT2D eigenvalue weighted by atomic mass is 10.0. The maximum atomic E-state index is 5.63. The zero-order valence-corrected chi connectivity index (χ0v) is 10.0. The zero-order valence-electron chi connectivity index (χ0n) is 10.0. The molecule has 88 valence electrons. The van der Waals surface area contributed by atoms with E-state index in [4.69, 9.17) is 15.2 Å². The van der Waals surface area contributed by atoms with Crippen molar-refractivity contribution in [2.45, 2.75) is 13.5 Å². The summed E-state index contributed by atoms with van der Waals surface area (Å²) in [6.07, 6.45) is 1.78. The molecular weight excluding hydrogens is 204 g/mol. The first kappa shape index (κ1) is 12.7.